The van der Waals surface area contributed by atoms with Gasteiger partial charge in [0, 0.05) is 17.8 Å². The van der Waals surface area contributed by atoms with Gasteiger partial charge in [-0.2, -0.15) is 13.2 Å². The molecule has 2 aromatic rings. The van der Waals surface area contributed by atoms with Crippen LogP contribution in [0.2, 0.25) is 0 Å². The fourth-order valence-corrected chi connectivity index (χ4v) is 2.08. The molecular weight excluding hydrogens is 289 g/mol. The number of aromatic nitrogens is 1. The number of thiazole rings is 1. The van der Waals surface area contributed by atoms with Crippen molar-refractivity contribution in [2.75, 3.05) is 0 Å². The Balaban J connectivity index is 2.36. The van der Waals surface area contributed by atoms with E-state index >= 15 is 0 Å². The predicted octanol–water partition coefficient (Wildman–Crippen LogP) is 3.67. The zero-order valence-corrected chi connectivity index (χ0v) is 9.78. The van der Waals surface area contributed by atoms with E-state index < -0.39 is 28.6 Å². The van der Waals surface area contributed by atoms with Gasteiger partial charge in [-0.05, 0) is 12.1 Å². The van der Waals surface area contributed by atoms with Gasteiger partial charge in [-0.15, -0.1) is 11.3 Å². The quantitative estimate of drug-likeness (QED) is 0.624. The molecule has 2 rings (SSSR count). The average molecular weight is 293 g/mol. The Morgan fingerprint density at radius 1 is 1.11 bits per heavy atom. The number of ketones is 1. The predicted molar refractivity (Wildman–Crippen MR) is 56.9 cm³/mol. The lowest BCUT2D eigenvalue weighted by atomic mass is 10.1. The number of alkyl halides is 3. The summed E-state index contributed by atoms with van der Waals surface area (Å²) in [4.78, 5) is 14.5. The summed E-state index contributed by atoms with van der Waals surface area (Å²) in [6.07, 6.45) is -3.92. The second kappa shape index (κ2) is 4.69. The Morgan fingerprint density at radius 2 is 1.68 bits per heavy atom. The Bertz CT molecular complexity index is 614. The molecule has 0 saturated heterocycles. The van der Waals surface area contributed by atoms with Crippen LogP contribution in [-0.4, -0.2) is 10.8 Å². The third-order valence-corrected chi connectivity index (χ3v) is 3.14. The standard InChI is InChI=1S/C11H4F5NOS/c12-6-1-5(2-7(13)3-6)9(18)8-4-17-10(19-8)11(14,15)16/h1-4H. The van der Waals surface area contributed by atoms with E-state index in [1.807, 2.05) is 0 Å². The number of halogens is 5. The van der Waals surface area contributed by atoms with Gasteiger partial charge in [0.2, 0.25) is 5.78 Å². The molecular formula is C11H4F5NOS. The zero-order chi connectivity index (χ0) is 14.2. The molecule has 0 atom stereocenters. The number of hydrogen-bond acceptors (Lipinski definition) is 3. The molecule has 100 valence electrons. The Kier molecular flexibility index (Phi) is 3.36. The molecule has 0 unspecified atom stereocenters. The molecule has 0 spiro atoms. The van der Waals surface area contributed by atoms with Gasteiger partial charge in [0.1, 0.15) is 11.6 Å². The van der Waals surface area contributed by atoms with Gasteiger partial charge in [0.05, 0.1) is 4.88 Å². The summed E-state index contributed by atoms with van der Waals surface area (Å²) in [6.45, 7) is 0. The van der Waals surface area contributed by atoms with E-state index in [4.69, 9.17) is 0 Å². The van der Waals surface area contributed by atoms with Crippen LogP contribution in [0.25, 0.3) is 0 Å². The number of hydrogen-bond donors (Lipinski definition) is 0. The van der Waals surface area contributed by atoms with Gasteiger partial charge in [0.25, 0.3) is 0 Å². The van der Waals surface area contributed by atoms with E-state index in [9.17, 15) is 26.7 Å². The third kappa shape index (κ3) is 2.95. The summed E-state index contributed by atoms with van der Waals surface area (Å²) in [5, 5.41) is -1.19. The number of nitrogens with zero attached hydrogens (tertiary/aromatic N) is 1. The van der Waals surface area contributed by atoms with Crippen LogP contribution in [-0.2, 0) is 6.18 Å². The summed E-state index contributed by atoms with van der Waals surface area (Å²) in [7, 11) is 0. The van der Waals surface area contributed by atoms with Crippen molar-refractivity contribution in [3.05, 3.63) is 51.5 Å². The molecule has 19 heavy (non-hydrogen) atoms. The van der Waals surface area contributed by atoms with Crippen molar-refractivity contribution in [2.24, 2.45) is 0 Å². The zero-order valence-electron chi connectivity index (χ0n) is 8.96. The lowest BCUT2D eigenvalue weighted by Crippen LogP contribution is -2.03. The Labute approximate surface area is 107 Å². The molecule has 1 aromatic heterocycles. The average Bonchev–Trinajstić information content (AvgIpc) is 2.75. The molecule has 0 N–H and O–H groups in total. The number of rotatable bonds is 2. The van der Waals surface area contributed by atoms with Gasteiger partial charge in [-0.1, -0.05) is 0 Å². The minimum atomic E-state index is -4.66. The van der Waals surface area contributed by atoms with Crippen LogP contribution >= 0.6 is 11.3 Å². The molecule has 1 aromatic carbocycles. The van der Waals surface area contributed by atoms with Crippen molar-refractivity contribution in [1.82, 2.24) is 4.98 Å². The van der Waals surface area contributed by atoms with Gasteiger partial charge >= 0.3 is 6.18 Å². The Morgan fingerprint density at radius 3 is 2.16 bits per heavy atom. The second-order valence-electron chi connectivity index (χ2n) is 3.51. The van der Waals surface area contributed by atoms with Crippen LogP contribution in [0.1, 0.15) is 20.2 Å². The highest BCUT2D eigenvalue weighted by molar-refractivity contribution is 7.13. The van der Waals surface area contributed by atoms with E-state index in [2.05, 4.69) is 4.98 Å². The van der Waals surface area contributed by atoms with Crippen LogP contribution in [0.15, 0.2) is 24.4 Å². The van der Waals surface area contributed by atoms with E-state index in [-0.39, 0.29) is 21.8 Å². The maximum Gasteiger partial charge on any atom is 0.443 e. The van der Waals surface area contributed by atoms with Crippen LogP contribution < -0.4 is 0 Å². The second-order valence-corrected chi connectivity index (χ2v) is 4.55. The molecule has 0 aliphatic heterocycles. The summed E-state index contributed by atoms with van der Waals surface area (Å²) in [5.41, 5.74) is -0.366. The molecule has 8 heteroatoms. The Hall–Kier alpha value is -1.83. The van der Waals surface area contributed by atoms with Gasteiger partial charge in [-0.3, -0.25) is 4.79 Å². The summed E-state index contributed by atoms with van der Waals surface area (Å²) in [6, 6.07) is 2.06. The smallest absolute Gasteiger partial charge is 0.288 e. The molecule has 0 aliphatic rings. The van der Waals surface area contributed by atoms with E-state index in [1.165, 1.54) is 0 Å². The molecule has 0 bridgehead atoms. The molecule has 0 aliphatic carbocycles. The van der Waals surface area contributed by atoms with Crippen molar-refractivity contribution >= 4 is 17.1 Å². The third-order valence-electron chi connectivity index (χ3n) is 2.10. The number of carbonyl (C=O) groups excluding carboxylic acids is 1. The molecule has 0 saturated carbocycles. The molecule has 0 fully saturated rings. The first-order valence-corrected chi connectivity index (χ1v) is 5.63. The molecule has 0 radical (unpaired) electrons. The first-order chi connectivity index (χ1) is 8.77. The van der Waals surface area contributed by atoms with Crippen LogP contribution in [0.3, 0.4) is 0 Å². The molecule has 1 heterocycles. The lowest BCUT2D eigenvalue weighted by Gasteiger charge is -2.00. The minimum Gasteiger partial charge on any atom is -0.288 e. The van der Waals surface area contributed by atoms with E-state index in [0.29, 0.717) is 6.07 Å². The summed E-state index contributed by atoms with van der Waals surface area (Å²) < 4.78 is 62.8. The monoisotopic (exact) mass is 293 g/mol. The van der Waals surface area contributed by atoms with E-state index in [1.54, 1.807) is 0 Å². The largest absolute Gasteiger partial charge is 0.443 e. The lowest BCUT2D eigenvalue weighted by molar-refractivity contribution is -0.137. The van der Waals surface area contributed by atoms with Gasteiger partial charge in [-0.25, -0.2) is 13.8 Å². The van der Waals surface area contributed by atoms with Gasteiger partial charge < -0.3 is 0 Å². The van der Waals surface area contributed by atoms with Crippen LogP contribution in [0.4, 0.5) is 22.0 Å². The fourth-order valence-electron chi connectivity index (χ4n) is 1.34. The molecule has 0 amide bonds. The van der Waals surface area contributed by atoms with Crippen molar-refractivity contribution in [2.45, 2.75) is 6.18 Å². The van der Waals surface area contributed by atoms with Crippen molar-refractivity contribution in [1.29, 1.82) is 0 Å². The normalized spacial score (nSPS) is 11.6. The minimum absolute atomic E-state index is 0.124. The maximum atomic E-state index is 12.9. The maximum absolute atomic E-state index is 12.9. The topological polar surface area (TPSA) is 30.0 Å². The van der Waals surface area contributed by atoms with Crippen molar-refractivity contribution < 1.29 is 26.7 Å². The van der Waals surface area contributed by atoms with Crippen LogP contribution in [0.5, 0.6) is 0 Å². The number of carbonyl (C=O) groups is 1. The highest BCUT2D eigenvalue weighted by Gasteiger charge is 2.35. The SMILES string of the molecule is O=C(c1cc(F)cc(F)c1)c1cnc(C(F)(F)F)s1. The highest BCUT2D eigenvalue weighted by Crippen LogP contribution is 2.33. The fraction of sp³-hybridized carbons (Fsp3) is 0.0909. The number of benzene rings is 1. The van der Waals surface area contributed by atoms with Gasteiger partial charge in [0.15, 0.2) is 5.01 Å². The van der Waals surface area contributed by atoms with Crippen LogP contribution in [0, 0.1) is 11.6 Å². The summed E-state index contributed by atoms with van der Waals surface area (Å²) >= 11 is 0.124. The van der Waals surface area contributed by atoms with E-state index in [0.717, 1.165) is 18.3 Å². The van der Waals surface area contributed by atoms with Crippen molar-refractivity contribution in [3.63, 3.8) is 0 Å². The van der Waals surface area contributed by atoms with Crippen molar-refractivity contribution in [3.8, 4) is 0 Å². The first-order valence-electron chi connectivity index (χ1n) is 4.81. The highest BCUT2D eigenvalue weighted by atomic mass is 32.1. The molecule has 2 nitrogen and oxygen atoms in total. The summed E-state index contributed by atoms with van der Waals surface area (Å²) in [5.74, 6) is -2.88. The first kappa shape index (κ1) is 13.6.